The number of carbonyl (C=O) groups is 1. The van der Waals surface area contributed by atoms with Gasteiger partial charge in [0.15, 0.2) is 5.82 Å². The first-order valence-corrected chi connectivity index (χ1v) is 11.9. The lowest BCUT2D eigenvalue weighted by molar-refractivity contribution is -0.384. The zero-order valence-electron chi connectivity index (χ0n) is 18.3. The summed E-state index contributed by atoms with van der Waals surface area (Å²) in [5.74, 6) is -0.260. The van der Waals surface area contributed by atoms with E-state index < -0.39 is 16.6 Å². The van der Waals surface area contributed by atoms with Gasteiger partial charge in [0.05, 0.1) is 21.0 Å². The van der Waals surface area contributed by atoms with Crippen LogP contribution in [0.3, 0.4) is 0 Å². The molecule has 0 aliphatic rings. The van der Waals surface area contributed by atoms with Gasteiger partial charge in [-0.25, -0.2) is 4.39 Å². The highest BCUT2D eigenvalue weighted by molar-refractivity contribution is 9.10. The molecule has 12 heteroatoms. The third kappa shape index (κ3) is 6.01. The second-order valence-electron chi connectivity index (χ2n) is 7.53. The summed E-state index contributed by atoms with van der Waals surface area (Å²) >= 11 is 15.5. The van der Waals surface area contributed by atoms with Crippen LogP contribution in [-0.2, 0) is 13.2 Å². The summed E-state index contributed by atoms with van der Waals surface area (Å²) in [6.45, 7) is 0.238. The number of aromatic nitrogens is 2. The van der Waals surface area contributed by atoms with Gasteiger partial charge in [0, 0.05) is 34.5 Å². The molecule has 184 valence electrons. The van der Waals surface area contributed by atoms with E-state index in [1.165, 1.54) is 35.0 Å². The zero-order valence-corrected chi connectivity index (χ0v) is 21.3. The predicted molar refractivity (Wildman–Crippen MR) is 137 cm³/mol. The number of non-ortho nitro benzene ring substituents is 1. The first-order valence-electron chi connectivity index (χ1n) is 10.3. The van der Waals surface area contributed by atoms with Crippen LogP contribution in [0, 0.1) is 15.9 Å². The minimum atomic E-state index is -0.541. The molecule has 1 aromatic heterocycles. The van der Waals surface area contributed by atoms with Gasteiger partial charge in [-0.2, -0.15) is 5.10 Å². The zero-order chi connectivity index (χ0) is 25.8. The largest absolute Gasteiger partial charge is 0.487 e. The first kappa shape index (κ1) is 25.6. The summed E-state index contributed by atoms with van der Waals surface area (Å²) in [6.07, 6.45) is 1.61. The molecule has 4 rings (SSSR count). The van der Waals surface area contributed by atoms with Crippen molar-refractivity contribution in [1.82, 2.24) is 9.78 Å². The molecule has 0 fully saturated rings. The van der Waals surface area contributed by atoms with Crippen LogP contribution in [0.25, 0.3) is 0 Å². The van der Waals surface area contributed by atoms with Crippen LogP contribution in [0.15, 0.2) is 71.3 Å². The van der Waals surface area contributed by atoms with Crippen LogP contribution in [0.4, 0.5) is 15.9 Å². The summed E-state index contributed by atoms with van der Waals surface area (Å²) in [5, 5.41) is 18.2. The highest BCUT2D eigenvalue weighted by atomic mass is 79.9. The molecule has 1 heterocycles. The van der Waals surface area contributed by atoms with E-state index in [0.29, 0.717) is 21.3 Å². The fraction of sp³-hybridized carbons (Fsp3) is 0.0833. The van der Waals surface area contributed by atoms with Gasteiger partial charge in [0.2, 0.25) is 0 Å². The topological polar surface area (TPSA) is 99.3 Å². The molecule has 0 atom stereocenters. The molecular weight excluding hydrogens is 578 g/mol. The van der Waals surface area contributed by atoms with E-state index in [1.807, 2.05) is 0 Å². The maximum Gasteiger partial charge on any atom is 0.271 e. The Morgan fingerprint density at radius 3 is 2.56 bits per heavy atom. The van der Waals surface area contributed by atoms with Crippen molar-refractivity contribution in [2.45, 2.75) is 13.2 Å². The summed E-state index contributed by atoms with van der Waals surface area (Å²) < 4.78 is 21.7. The predicted octanol–water partition coefficient (Wildman–Crippen LogP) is 6.88. The van der Waals surface area contributed by atoms with Crippen molar-refractivity contribution in [3.63, 3.8) is 0 Å². The Morgan fingerprint density at radius 1 is 1.14 bits per heavy atom. The standard InChI is InChI=1S/C24H16BrCl2FN4O4/c25-18-12-31(11-17-19(26)2-1-3-21(17)28)30-23(18)29-24(33)15-6-4-14(5-7-15)13-36-22-9-8-16(32(34)35)10-20(22)27/h1-10,12H,11,13H2,(H,29,30,33). The van der Waals surface area contributed by atoms with E-state index >= 15 is 0 Å². The van der Waals surface area contributed by atoms with Crippen LogP contribution in [0.1, 0.15) is 21.5 Å². The van der Waals surface area contributed by atoms with E-state index in [0.717, 1.165) is 5.56 Å². The molecule has 0 bridgehead atoms. The first-order chi connectivity index (χ1) is 17.2. The average molecular weight is 594 g/mol. The minimum Gasteiger partial charge on any atom is -0.487 e. The van der Waals surface area contributed by atoms with Gasteiger partial charge in [-0.1, -0.05) is 41.4 Å². The van der Waals surface area contributed by atoms with Crippen molar-refractivity contribution >= 4 is 56.5 Å². The molecule has 4 aromatic rings. The third-order valence-electron chi connectivity index (χ3n) is 5.07. The highest BCUT2D eigenvalue weighted by Crippen LogP contribution is 2.29. The van der Waals surface area contributed by atoms with E-state index in [9.17, 15) is 19.3 Å². The molecule has 0 spiro atoms. The number of halogens is 4. The lowest BCUT2D eigenvalue weighted by Gasteiger charge is -2.09. The third-order valence-corrected chi connectivity index (χ3v) is 6.30. The van der Waals surface area contributed by atoms with Crippen molar-refractivity contribution < 1.29 is 18.8 Å². The van der Waals surface area contributed by atoms with Gasteiger partial charge in [0.25, 0.3) is 11.6 Å². The van der Waals surface area contributed by atoms with Crippen molar-refractivity contribution in [2.75, 3.05) is 5.32 Å². The van der Waals surface area contributed by atoms with Crippen molar-refractivity contribution in [2.24, 2.45) is 0 Å². The summed E-state index contributed by atoms with van der Waals surface area (Å²) in [7, 11) is 0. The van der Waals surface area contributed by atoms with Gasteiger partial charge >= 0.3 is 0 Å². The smallest absolute Gasteiger partial charge is 0.271 e. The Kier molecular flexibility index (Phi) is 7.88. The lowest BCUT2D eigenvalue weighted by Crippen LogP contribution is -2.13. The number of nitro groups is 1. The van der Waals surface area contributed by atoms with E-state index in [4.69, 9.17) is 27.9 Å². The molecule has 0 unspecified atom stereocenters. The number of hydrogen-bond donors (Lipinski definition) is 1. The van der Waals surface area contributed by atoms with E-state index in [2.05, 4.69) is 26.3 Å². The Labute approximate surface area is 222 Å². The molecule has 0 saturated heterocycles. The molecule has 0 aliphatic heterocycles. The molecule has 0 saturated carbocycles. The summed E-state index contributed by atoms with van der Waals surface area (Å²) in [5.41, 5.74) is 1.30. The highest BCUT2D eigenvalue weighted by Gasteiger charge is 2.15. The Balaban J connectivity index is 1.38. The SMILES string of the molecule is O=C(Nc1nn(Cc2c(F)cccc2Cl)cc1Br)c1ccc(COc2ccc([N+](=O)[O-])cc2Cl)cc1. The number of nitrogens with one attached hydrogen (secondary N) is 1. The Hall–Kier alpha value is -3.47. The quantitative estimate of drug-likeness (QED) is 0.177. The second-order valence-corrected chi connectivity index (χ2v) is 9.20. The maximum absolute atomic E-state index is 14.1. The number of benzene rings is 3. The van der Waals surface area contributed by atoms with Crippen LogP contribution < -0.4 is 10.1 Å². The molecule has 1 amide bonds. The molecule has 3 aromatic carbocycles. The fourth-order valence-corrected chi connectivity index (χ4v) is 4.09. The number of rotatable bonds is 8. The molecular formula is C24H16BrCl2FN4O4. The van der Waals surface area contributed by atoms with E-state index in [1.54, 1.807) is 36.5 Å². The van der Waals surface area contributed by atoms with Crippen LogP contribution in [0.2, 0.25) is 10.0 Å². The van der Waals surface area contributed by atoms with Crippen molar-refractivity contribution in [3.05, 3.63) is 114 Å². The van der Waals surface area contributed by atoms with Crippen molar-refractivity contribution in [1.29, 1.82) is 0 Å². The maximum atomic E-state index is 14.1. The fourth-order valence-electron chi connectivity index (χ4n) is 3.22. The lowest BCUT2D eigenvalue weighted by atomic mass is 10.1. The van der Waals surface area contributed by atoms with E-state index in [-0.39, 0.29) is 34.7 Å². The average Bonchev–Trinajstić information content (AvgIpc) is 3.19. The normalized spacial score (nSPS) is 10.8. The summed E-state index contributed by atoms with van der Waals surface area (Å²) in [6, 6.07) is 15.0. The van der Waals surface area contributed by atoms with Crippen LogP contribution in [-0.4, -0.2) is 20.6 Å². The van der Waals surface area contributed by atoms with Crippen LogP contribution >= 0.6 is 39.1 Å². The molecule has 0 aliphatic carbocycles. The van der Waals surface area contributed by atoms with Gasteiger partial charge in [-0.15, -0.1) is 0 Å². The number of hydrogen-bond acceptors (Lipinski definition) is 5. The second kappa shape index (κ2) is 11.1. The molecule has 36 heavy (non-hydrogen) atoms. The number of nitrogens with zero attached hydrogens (tertiary/aromatic N) is 3. The van der Waals surface area contributed by atoms with Crippen LogP contribution in [0.5, 0.6) is 5.75 Å². The Morgan fingerprint density at radius 2 is 1.89 bits per heavy atom. The van der Waals surface area contributed by atoms with Gasteiger partial charge in [0.1, 0.15) is 18.2 Å². The molecule has 8 nitrogen and oxygen atoms in total. The molecule has 0 radical (unpaired) electrons. The number of ether oxygens (including phenoxy) is 1. The van der Waals surface area contributed by atoms with Crippen molar-refractivity contribution in [3.8, 4) is 5.75 Å². The monoisotopic (exact) mass is 592 g/mol. The number of amides is 1. The molecule has 1 N–H and O–H groups in total. The number of nitro benzene ring substituents is 1. The minimum absolute atomic E-state index is 0.0907. The van der Waals surface area contributed by atoms with Gasteiger partial charge in [-0.05, 0) is 51.8 Å². The summed E-state index contributed by atoms with van der Waals surface area (Å²) in [4.78, 5) is 23.0. The Bertz CT molecular complexity index is 1430. The van der Waals surface area contributed by atoms with Gasteiger partial charge < -0.3 is 10.1 Å². The number of carbonyl (C=O) groups excluding carboxylic acids is 1. The number of anilines is 1. The van der Waals surface area contributed by atoms with Gasteiger partial charge in [-0.3, -0.25) is 19.6 Å².